The molecule has 1 aromatic heterocycles. The lowest BCUT2D eigenvalue weighted by Gasteiger charge is -2.23. The number of fused-ring (bicyclic) bond motifs is 6. The third-order valence-corrected chi connectivity index (χ3v) is 12.6. The van der Waals surface area contributed by atoms with Gasteiger partial charge in [0.25, 0.3) is 0 Å². The molecule has 9 rings (SSSR count). The quantitative estimate of drug-likeness (QED) is 0.178. The molecule has 222 valence electrons. The fourth-order valence-corrected chi connectivity index (χ4v) is 9.97. The summed E-state index contributed by atoms with van der Waals surface area (Å²) in [6, 6.07) is 42.9. The molecule has 3 heteroatoms. The summed E-state index contributed by atoms with van der Waals surface area (Å²) in [6.45, 7) is 4.74. The van der Waals surface area contributed by atoms with E-state index < -0.39 is 9.52 Å². The van der Waals surface area contributed by atoms with Crippen molar-refractivity contribution >= 4 is 47.9 Å². The van der Waals surface area contributed by atoms with Gasteiger partial charge >= 0.3 is 0 Å². The zero-order chi connectivity index (χ0) is 30.8. The lowest BCUT2D eigenvalue weighted by molar-refractivity contribution is 0.661. The van der Waals surface area contributed by atoms with Crippen molar-refractivity contribution in [2.24, 2.45) is 4.99 Å². The number of allylic oxidation sites excluding steroid dienone is 5. The van der Waals surface area contributed by atoms with Gasteiger partial charge in [-0.3, -0.25) is 0 Å². The Hall–Kier alpha value is -4.99. The van der Waals surface area contributed by atoms with E-state index in [1.54, 1.807) is 0 Å². The molecular weight excluding hydrogens is 573 g/mol. The summed E-state index contributed by atoms with van der Waals surface area (Å²) < 4.78 is 2.49. The maximum atomic E-state index is 5.09. The third kappa shape index (κ3) is 4.26. The van der Waals surface area contributed by atoms with Crippen LogP contribution < -0.4 is 0 Å². The number of para-hydroxylation sites is 1. The van der Waals surface area contributed by atoms with Crippen LogP contribution in [0, 0.1) is 0 Å². The lowest BCUT2D eigenvalue weighted by Crippen LogP contribution is -2.26. The topological polar surface area (TPSA) is 17.3 Å². The van der Waals surface area contributed by atoms with Crippen molar-refractivity contribution in [3.05, 3.63) is 168 Å². The van der Waals surface area contributed by atoms with Crippen LogP contribution in [0.15, 0.2) is 145 Å². The van der Waals surface area contributed by atoms with Gasteiger partial charge < -0.3 is 4.57 Å². The molecule has 2 heterocycles. The fourth-order valence-electron chi connectivity index (χ4n) is 8.08. The summed E-state index contributed by atoms with van der Waals surface area (Å²) in [5.74, 6) is 0. The lowest BCUT2D eigenvalue weighted by atomic mass is 9.82. The minimum Gasteiger partial charge on any atom is -0.302 e. The highest BCUT2D eigenvalue weighted by molar-refractivity contribution is 6.77. The van der Waals surface area contributed by atoms with Crippen LogP contribution in [0.4, 0.5) is 0 Å². The number of hydrogen-bond donors (Lipinski definition) is 0. The Kier molecular flexibility index (Phi) is 6.26. The Morgan fingerprint density at radius 3 is 2.37 bits per heavy atom. The number of nitrogens with zero attached hydrogens (tertiary/aromatic N) is 2. The van der Waals surface area contributed by atoms with Crippen molar-refractivity contribution in [1.29, 1.82) is 0 Å². The maximum absolute atomic E-state index is 5.09. The first kappa shape index (κ1) is 27.3. The zero-order valence-corrected chi connectivity index (χ0v) is 27.8. The largest absolute Gasteiger partial charge is 0.302 e. The first-order valence-electron chi connectivity index (χ1n) is 16.5. The minimum absolute atomic E-state index is 0.0395. The maximum Gasteiger partial charge on any atom is 0.112 e. The van der Waals surface area contributed by atoms with E-state index >= 15 is 0 Å². The Bertz CT molecular complexity index is 2300. The zero-order valence-electron chi connectivity index (χ0n) is 26.4. The van der Waals surface area contributed by atoms with Crippen LogP contribution in [0.5, 0.6) is 0 Å². The van der Waals surface area contributed by atoms with Gasteiger partial charge in [0, 0.05) is 27.9 Å². The normalized spacial score (nSPS) is 18.7. The molecule has 0 saturated carbocycles. The number of benzene rings is 5. The molecule has 0 bridgehead atoms. The van der Waals surface area contributed by atoms with Crippen LogP contribution in [0.2, 0.25) is 0 Å². The number of rotatable bonds is 3. The van der Waals surface area contributed by atoms with Gasteiger partial charge in [0.15, 0.2) is 0 Å². The van der Waals surface area contributed by atoms with E-state index in [1.165, 1.54) is 77.4 Å². The summed E-state index contributed by atoms with van der Waals surface area (Å²) in [5.41, 5.74) is 16.5. The molecule has 6 aromatic rings. The minimum atomic E-state index is -0.779. The third-order valence-electron chi connectivity index (χ3n) is 10.5. The van der Waals surface area contributed by atoms with E-state index in [2.05, 4.69) is 158 Å². The Morgan fingerprint density at radius 1 is 0.717 bits per heavy atom. The molecule has 0 radical (unpaired) electrons. The highest BCUT2D eigenvalue weighted by atomic mass is 28.2. The van der Waals surface area contributed by atoms with Crippen molar-refractivity contribution in [2.75, 3.05) is 0 Å². The van der Waals surface area contributed by atoms with Crippen molar-refractivity contribution < 1.29 is 0 Å². The van der Waals surface area contributed by atoms with E-state index in [4.69, 9.17) is 4.99 Å². The number of aliphatic imine (C=N–C) groups is 1. The average molecular weight is 609 g/mol. The van der Waals surface area contributed by atoms with Crippen LogP contribution in [-0.4, -0.2) is 19.5 Å². The second-order valence-electron chi connectivity index (χ2n) is 13.5. The van der Waals surface area contributed by atoms with Gasteiger partial charge in [-0.25, -0.2) is 4.99 Å². The molecule has 1 unspecified atom stereocenters. The highest BCUT2D eigenvalue weighted by Crippen LogP contribution is 2.50. The van der Waals surface area contributed by atoms with Crippen molar-refractivity contribution in [3.63, 3.8) is 0 Å². The summed E-state index contributed by atoms with van der Waals surface area (Å²) in [6.07, 6.45) is 11.3. The van der Waals surface area contributed by atoms with Gasteiger partial charge in [-0.1, -0.05) is 129 Å². The molecule has 0 amide bonds. The fraction of sp³-hybridized carbons (Fsp3) is 0.140. The van der Waals surface area contributed by atoms with Gasteiger partial charge in [0.2, 0.25) is 0 Å². The first-order chi connectivity index (χ1) is 22.6. The molecule has 1 aliphatic heterocycles. The molecular formula is C43H36N2Si. The Morgan fingerprint density at radius 2 is 1.50 bits per heavy atom. The monoisotopic (exact) mass is 608 g/mol. The molecule has 0 N–H and O–H groups in total. The van der Waals surface area contributed by atoms with E-state index in [-0.39, 0.29) is 5.41 Å². The van der Waals surface area contributed by atoms with Crippen molar-refractivity contribution in [3.8, 4) is 11.1 Å². The number of hydrogen-bond acceptors (Lipinski definition) is 1. The molecule has 2 nitrogen and oxygen atoms in total. The highest BCUT2D eigenvalue weighted by Gasteiger charge is 2.36. The van der Waals surface area contributed by atoms with Crippen LogP contribution >= 0.6 is 0 Å². The smallest absolute Gasteiger partial charge is 0.112 e. The standard InChI is InChI=1S/C43H36N2Si/c1-43(2)37-17-8-6-15-33(37)35-26-36-34-16-7-9-18-39(34)45(40(36)27-38(35)43)42-44-24-23-41(46-42)30-21-19-29(20-22-30)32-14-10-13-31(25-32)28-11-4-3-5-12-28/h3-9,11-12,14-27,41H,10,13,46H2,1-2H3. The first-order valence-corrected chi connectivity index (χ1v) is 18.1. The second-order valence-corrected chi connectivity index (χ2v) is 15.4. The van der Waals surface area contributed by atoms with E-state index in [0.29, 0.717) is 5.54 Å². The van der Waals surface area contributed by atoms with Crippen molar-refractivity contribution in [1.82, 2.24) is 4.57 Å². The Balaban J connectivity index is 1.07. The van der Waals surface area contributed by atoms with Gasteiger partial charge in [0.1, 0.15) is 9.52 Å². The SMILES string of the molecule is CC1(C)c2ccccc2-c2cc3c4ccccc4n(C4=NC=CC(c5ccc(C6=CCCC(c7ccccc7)=C6)cc5)[SiH2]4)c3cc21. The molecule has 0 spiro atoms. The van der Waals surface area contributed by atoms with Crippen LogP contribution in [0.1, 0.15) is 60.0 Å². The van der Waals surface area contributed by atoms with Crippen molar-refractivity contribution in [2.45, 2.75) is 37.6 Å². The van der Waals surface area contributed by atoms with E-state index in [1.807, 2.05) is 0 Å². The molecule has 46 heavy (non-hydrogen) atoms. The molecule has 5 aromatic carbocycles. The van der Waals surface area contributed by atoms with Crippen LogP contribution in [0.3, 0.4) is 0 Å². The van der Waals surface area contributed by atoms with E-state index in [0.717, 1.165) is 12.8 Å². The van der Waals surface area contributed by atoms with E-state index in [9.17, 15) is 0 Å². The predicted molar refractivity (Wildman–Crippen MR) is 198 cm³/mol. The molecule has 2 aliphatic carbocycles. The van der Waals surface area contributed by atoms with Gasteiger partial charge in [-0.2, -0.15) is 0 Å². The number of aromatic nitrogens is 1. The Labute approximate surface area is 273 Å². The summed E-state index contributed by atoms with van der Waals surface area (Å²) in [7, 11) is -0.779. The second kappa shape index (κ2) is 10.5. The van der Waals surface area contributed by atoms with Gasteiger partial charge in [-0.05, 0) is 81.1 Å². The summed E-state index contributed by atoms with van der Waals surface area (Å²) in [5, 5.41) is 2.62. The average Bonchev–Trinajstić information content (AvgIpc) is 3.56. The summed E-state index contributed by atoms with van der Waals surface area (Å²) in [4.78, 5) is 5.09. The van der Waals surface area contributed by atoms with Crippen LogP contribution in [-0.2, 0) is 5.41 Å². The molecule has 1 atom stereocenters. The molecule has 0 saturated heterocycles. The van der Waals surface area contributed by atoms with Gasteiger partial charge in [-0.15, -0.1) is 0 Å². The molecule has 3 aliphatic rings. The van der Waals surface area contributed by atoms with Gasteiger partial charge in [0.05, 0.1) is 16.5 Å². The summed E-state index contributed by atoms with van der Waals surface area (Å²) >= 11 is 0. The predicted octanol–water partition coefficient (Wildman–Crippen LogP) is 10.0. The molecule has 0 fully saturated rings. The van der Waals surface area contributed by atoms with Crippen LogP contribution in [0.25, 0.3) is 44.1 Å².